The third kappa shape index (κ3) is 2.37. The Morgan fingerprint density at radius 3 is 2.88 bits per heavy atom. The number of nitriles is 1. The lowest BCUT2D eigenvalue weighted by molar-refractivity contribution is 0.172. The van der Waals surface area contributed by atoms with E-state index in [1.807, 2.05) is 12.1 Å². The van der Waals surface area contributed by atoms with Crippen molar-refractivity contribution in [2.24, 2.45) is 0 Å². The van der Waals surface area contributed by atoms with Crippen LogP contribution >= 0.6 is 15.9 Å². The van der Waals surface area contributed by atoms with Gasteiger partial charge in [-0.1, -0.05) is 15.9 Å². The summed E-state index contributed by atoms with van der Waals surface area (Å²) in [7, 11) is 0. The lowest BCUT2D eigenvalue weighted by Crippen LogP contribution is -2.28. The van der Waals surface area contributed by atoms with Crippen molar-refractivity contribution in [1.82, 2.24) is 0 Å². The molecule has 1 aliphatic carbocycles. The number of nitrogens with zero attached hydrogens (tertiary/aromatic N) is 1. The van der Waals surface area contributed by atoms with E-state index in [1.54, 1.807) is 6.07 Å². The van der Waals surface area contributed by atoms with Crippen LogP contribution in [-0.2, 0) is 0 Å². The standard InChI is InChI=1S/C12H13BrN2O/c13-9-5-4-8(7-14)11(6-9)15-10-2-1-3-12(10)16/h4-6,10,12,15-16H,1-3H2/t10-,12-/m0/s1. The van der Waals surface area contributed by atoms with Crippen LogP contribution in [0.3, 0.4) is 0 Å². The molecule has 1 fully saturated rings. The first-order chi connectivity index (χ1) is 7.70. The molecule has 1 saturated carbocycles. The molecule has 1 aromatic rings. The van der Waals surface area contributed by atoms with Crippen LogP contribution in [0.25, 0.3) is 0 Å². The highest BCUT2D eigenvalue weighted by molar-refractivity contribution is 9.10. The van der Waals surface area contributed by atoms with Crippen LogP contribution in [0.1, 0.15) is 24.8 Å². The fraction of sp³-hybridized carbons (Fsp3) is 0.417. The van der Waals surface area contributed by atoms with E-state index in [1.165, 1.54) is 0 Å². The summed E-state index contributed by atoms with van der Waals surface area (Å²) in [4.78, 5) is 0. The van der Waals surface area contributed by atoms with E-state index in [2.05, 4.69) is 27.3 Å². The van der Waals surface area contributed by atoms with Crippen molar-refractivity contribution in [2.45, 2.75) is 31.4 Å². The van der Waals surface area contributed by atoms with Gasteiger partial charge >= 0.3 is 0 Å². The number of aliphatic hydroxyl groups excluding tert-OH is 1. The predicted molar refractivity (Wildman–Crippen MR) is 66.1 cm³/mol. The zero-order valence-electron chi connectivity index (χ0n) is 8.78. The average Bonchev–Trinajstić information content (AvgIpc) is 2.65. The lowest BCUT2D eigenvalue weighted by Gasteiger charge is -2.18. The van der Waals surface area contributed by atoms with E-state index >= 15 is 0 Å². The molecule has 84 valence electrons. The van der Waals surface area contributed by atoms with Gasteiger partial charge in [0.1, 0.15) is 6.07 Å². The van der Waals surface area contributed by atoms with Crippen LogP contribution in [0.5, 0.6) is 0 Å². The van der Waals surface area contributed by atoms with Crippen molar-refractivity contribution in [3.05, 3.63) is 28.2 Å². The van der Waals surface area contributed by atoms with Crippen molar-refractivity contribution in [1.29, 1.82) is 5.26 Å². The van der Waals surface area contributed by atoms with Crippen molar-refractivity contribution >= 4 is 21.6 Å². The second-order valence-corrected chi connectivity index (χ2v) is 4.97. The van der Waals surface area contributed by atoms with Gasteiger partial charge in [0.2, 0.25) is 0 Å². The van der Waals surface area contributed by atoms with Gasteiger partial charge in [-0.15, -0.1) is 0 Å². The molecule has 2 rings (SSSR count). The number of halogens is 1. The second kappa shape index (κ2) is 4.86. The molecule has 2 N–H and O–H groups in total. The fourth-order valence-electron chi connectivity index (χ4n) is 2.04. The molecule has 0 spiro atoms. The van der Waals surface area contributed by atoms with Crippen LogP contribution < -0.4 is 5.32 Å². The Morgan fingerprint density at radius 1 is 1.44 bits per heavy atom. The minimum Gasteiger partial charge on any atom is -0.391 e. The quantitative estimate of drug-likeness (QED) is 0.876. The molecule has 0 radical (unpaired) electrons. The number of anilines is 1. The summed E-state index contributed by atoms with van der Waals surface area (Å²) in [5.41, 5.74) is 1.41. The number of hydrogen-bond donors (Lipinski definition) is 2. The largest absolute Gasteiger partial charge is 0.391 e. The summed E-state index contributed by atoms with van der Waals surface area (Å²) in [6.45, 7) is 0. The number of benzene rings is 1. The van der Waals surface area contributed by atoms with Crippen molar-refractivity contribution in [3.63, 3.8) is 0 Å². The van der Waals surface area contributed by atoms with E-state index in [9.17, 15) is 5.11 Å². The van der Waals surface area contributed by atoms with Crippen LogP contribution in [0.2, 0.25) is 0 Å². The number of nitrogens with one attached hydrogen (secondary N) is 1. The summed E-state index contributed by atoms with van der Waals surface area (Å²) in [6.07, 6.45) is 2.53. The number of aliphatic hydroxyl groups is 1. The second-order valence-electron chi connectivity index (χ2n) is 4.05. The Labute approximate surface area is 103 Å². The summed E-state index contributed by atoms with van der Waals surface area (Å²) in [5, 5.41) is 22.0. The predicted octanol–water partition coefficient (Wildman–Crippen LogP) is 2.65. The van der Waals surface area contributed by atoms with Gasteiger partial charge in [0, 0.05) is 4.47 Å². The van der Waals surface area contributed by atoms with Gasteiger partial charge < -0.3 is 10.4 Å². The van der Waals surface area contributed by atoms with Gasteiger partial charge in [-0.3, -0.25) is 0 Å². The topological polar surface area (TPSA) is 56.0 Å². The monoisotopic (exact) mass is 280 g/mol. The zero-order chi connectivity index (χ0) is 11.5. The first kappa shape index (κ1) is 11.4. The van der Waals surface area contributed by atoms with Gasteiger partial charge in [0.15, 0.2) is 0 Å². The van der Waals surface area contributed by atoms with Crippen LogP contribution in [0.15, 0.2) is 22.7 Å². The molecule has 1 aromatic carbocycles. The maximum absolute atomic E-state index is 9.73. The van der Waals surface area contributed by atoms with Gasteiger partial charge in [-0.05, 0) is 37.5 Å². The van der Waals surface area contributed by atoms with Gasteiger partial charge in [-0.25, -0.2) is 0 Å². The molecular weight excluding hydrogens is 268 g/mol. The molecular formula is C12H13BrN2O. The molecule has 0 saturated heterocycles. The first-order valence-electron chi connectivity index (χ1n) is 5.35. The Kier molecular flexibility index (Phi) is 3.47. The molecule has 0 aliphatic heterocycles. The first-order valence-corrected chi connectivity index (χ1v) is 6.14. The van der Waals surface area contributed by atoms with E-state index in [0.717, 1.165) is 29.4 Å². The SMILES string of the molecule is N#Cc1ccc(Br)cc1N[C@H]1CCC[C@@H]1O. The summed E-state index contributed by atoms with van der Waals surface area (Å²) in [6, 6.07) is 7.71. The Morgan fingerprint density at radius 2 is 2.25 bits per heavy atom. The Hall–Kier alpha value is -1.05. The fourth-order valence-corrected chi connectivity index (χ4v) is 2.40. The van der Waals surface area contributed by atoms with Gasteiger partial charge in [0.05, 0.1) is 23.4 Å². The molecule has 4 heteroatoms. The summed E-state index contributed by atoms with van der Waals surface area (Å²) in [5.74, 6) is 0. The molecule has 2 atom stereocenters. The molecule has 0 aromatic heterocycles. The number of rotatable bonds is 2. The maximum atomic E-state index is 9.73. The highest BCUT2D eigenvalue weighted by atomic mass is 79.9. The van der Waals surface area contributed by atoms with Crippen LogP contribution in [-0.4, -0.2) is 17.3 Å². The van der Waals surface area contributed by atoms with Crippen molar-refractivity contribution < 1.29 is 5.11 Å². The average molecular weight is 281 g/mol. The van der Waals surface area contributed by atoms with Gasteiger partial charge in [-0.2, -0.15) is 5.26 Å². The normalized spacial score (nSPS) is 24.1. The molecule has 0 unspecified atom stereocenters. The van der Waals surface area contributed by atoms with Crippen LogP contribution in [0, 0.1) is 11.3 Å². The smallest absolute Gasteiger partial charge is 0.101 e. The maximum Gasteiger partial charge on any atom is 0.101 e. The van der Waals surface area contributed by atoms with Crippen molar-refractivity contribution in [3.8, 4) is 6.07 Å². The summed E-state index contributed by atoms with van der Waals surface area (Å²) >= 11 is 3.38. The molecule has 1 aliphatic rings. The summed E-state index contributed by atoms with van der Waals surface area (Å²) < 4.78 is 0.932. The zero-order valence-corrected chi connectivity index (χ0v) is 10.4. The molecule has 16 heavy (non-hydrogen) atoms. The van der Waals surface area contributed by atoms with E-state index < -0.39 is 0 Å². The van der Waals surface area contributed by atoms with E-state index in [-0.39, 0.29) is 12.1 Å². The third-order valence-electron chi connectivity index (χ3n) is 2.92. The minimum absolute atomic E-state index is 0.0707. The highest BCUT2D eigenvalue weighted by Crippen LogP contribution is 2.26. The van der Waals surface area contributed by atoms with Crippen LogP contribution in [0.4, 0.5) is 5.69 Å². The molecule has 0 bridgehead atoms. The highest BCUT2D eigenvalue weighted by Gasteiger charge is 2.25. The molecule has 0 amide bonds. The van der Waals surface area contributed by atoms with Gasteiger partial charge in [0.25, 0.3) is 0 Å². The van der Waals surface area contributed by atoms with Crippen molar-refractivity contribution in [2.75, 3.05) is 5.32 Å². The number of hydrogen-bond acceptors (Lipinski definition) is 3. The van der Waals surface area contributed by atoms with E-state index in [4.69, 9.17) is 5.26 Å². The van der Waals surface area contributed by atoms with E-state index in [0.29, 0.717) is 5.56 Å². The lowest BCUT2D eigenvalue weighted by atomic mass is 10.1. The molecule has 0 heterocycles. The third-order valence-corrected chi connectivity index (χ3v) is 3.42. The Bertz CT molecular complexity index is 428. The molecule has 3 nitrogen and oxygen atoms in total. The Balaban J connectivity index is 2.20. The minimum atomic E-state index is -0.300.